The molecule has 0 spiro atoms. The third-order valence-corrected chi connectivity index (χ3v) is 4.01. The van der Waals surface area contributed by atoms with Crippen LogP contribution in [0.3, 0.4) is 0 Å². The fourth-order valence-corrected chi connectivity index (χ4v) is 3.02. The molecule has 0 aliphatic carbocycles. The molecule has 0 aliphatic heterocycles. The van der Waals surface area contributed by atoms with E-state index >= 15 is 0 Å². The van der Waals surface area contributed by atoms with Gasteiger partial charge in [-0.05, 0) is 29.1 Å². The average Bonchev–Trinajstić information content (AvgIpc) is 2.96. The maximum Gasteiger partial charge on any atom is 0.161 e. The average molecular weight is 292 g/mol. The van der Waals surface area contributed by atoms with E-state index in [0.29, 0.717) is 17.1 Å². The third kappa shape index (κ3) is 2.69. The summed E-state index contributed by atoms with van der Waals surface area (Å²) in [6, 6.07) is 7.39. The summed E-state index contributed by atoms with van der Waals surface area (Å²) in [5.41, 5.74) is 1.56. The second kappa shape index (κ2) is 6.54. The van der Waals surface area contributed by atoms with Crippen molar-refractivity contribution in [2.75, 3.05) is 21.3 Å². The van der Waals surface area contributed by atoms with Crippen molar-refractivity contribution in [3.8, 4) is 11.5 Å². The quantitative estimate of drug-likeness (QED) is 0.766. The number of aldehydes is 1. The van der Waals surface area contributed by atoms with Crippen molar-refractivity contribution in [3.63, 3.8) is 0 Å². The van der Waals surface area contributed by atoms with Crippen LogP contribution in [0.5, 0.6) is 11.5 Å². The van der Waals surface area contributed by atoms with Gasteiger partial charge in [-0.1, -0.05) is 6.07 Å². The van der Waals surface area contributed by atoms with Crippen LogP contribution in [0.2, 0.25) is 0 Å². The molecular weight excluding hydrogens is 276 g/mol. The molecule has 2 rings (SSSR count). The molecule has 0 N–H and O–H groups in total. The molecule has 1 heterocycles. The summed E-state index contributed by atoms with van der Waals surface area (Å²) in [6.45, 7) is 0. The largest absolute Gasteiger partial charge is 0.493 e. The molecule has 0 radical (unpaired) electrons. The molecule has 1 aromatic carbocycles. The maximum absolute atomic E-state index is 11.1. The molecule has 5 heteroatoms. The first kappa shape index (κ1) is 14.6. The monoisotopic (exact) mass is 292 g/mol. The van der Waals surface area contributed by atoms with Crippen molar-refractivity contribution in [3.05, 3.63) is 45.6 Å². The lowest BCUT2D eigenvalue weighted by Gasteiger charge is -2.17. The molecule has 1 unspecified atom stereocenters. The summed E-state index contributed by atoms with van der Waals surface area (Å²) in [5.74, 6) is 1.30. The minimum absolute atomic E-state index is 0.296. The smallest absolute Gasteiger partial charge is 0.161 e. The molecule has 0 bridgehead atoms. The highest BCUT2D eigenvalue weighted by Crippen LogP contribution is 2.36. The molecule has 20 heavy (non-hydrogen) atoms. The van der Waals surface area contributed by atoms with Crippen LogP contribution in [0.25, 0.3) is 0 Å². The Kier molecular flexibility index (Phi) is 4.76. The minimum atomic E-state index is -0.296. The molecule has 0 saturated carbocycles. The van der Waals surface area contributed by atoms with Gasteiger partial charge in [0, 0.05) is 17.6 Å². The summed E-state index contributed by atoms with van der Waals surface area (Å²) in [4.78, 5) is 12.0. The molecular formula is C15H16O4S. The minimum Gasteiger partial charge on any atom is -0.493 e. The van der Waals surface area contributed by atoms with E-state index in [1.165, 1.54) is 11.3 Å². The number of hydrogen-bond acceptors (Lipinski definition) is 5. The summed E-state index contributed by atoms with van der Waals surface area (Å²) in [7, 11) is 4.80. The Balaban J connectivity index is 2.44. The lowest BCUT2D eigenvalue weighted by atomic mass is 10.0. The molecule has 0 saturated heterocycles. The highest BCUT2D eigenvalue weighted by Gasteiger charge is 2.20. The van der Waals surface area contributed by atoms with Crippen molar-refractivity contribution >= 4 is 17.6 Å². The van der Waals surface area contributed by atoms with Crippen molar-refractivity contribution in [1.29, 1.82) is 0 Å². The van der Waals surface area contributed by atoms with E-state index in [1.54, 1.807) is 27.4 Å². The molecule has 4 nitrogen and oxygen atoms in total. The van der Waals surface area contributed by atoms with Crippen LogP contribution in [0, 0.1) is 0 Å². The summed E-state index contributed by atoms with van der Waals surface area (Å²) in [6.07, 6.45) is 0.550. The van der Waals surface area contributed by atoms with Crippen molar-refractivity contribution in [2.45, 2.75) is 6.10 Å². The second-order valence-corrected chi connectivity index (χ2v) is 5.04. The molecule has 2 aromatic rings. The van der Waals surface area contributed by atoms with Gasteiger partial charge in [-0.15, -0.1) is 11.3 Å². The van der Waals surface area contributed by atoms with Crippen LogP contribution in [-0.2, 0) is 4.74 Å². The molecule has 0 fully saturated rings. The van der Waals surface area contributed by atoms with Gasteiger partial charge in [-0.2, -0.15) is 0 Å². The highest BCUT2D eigenvalue weighted by molar-refractivity contribution is 7.10. The Morgan fingerprint density at radius 1 is 1.10 bits per heavy atom. The van der Waals surface area contributed by atoms with Gasteiger partial charge in [0.15, 0.2) is 17.8 Å². The SMILES string of the molecule is COc1ccc(C(OC)c2sccc2C=O)cc1OC. The van der Waals surface area contributed by atoms with Gasteiger partial charge in [-0.3, -0.25) is 4.79 Å². The van der Waals surface area contributed by atoms with Gasteiger partial charge < -0.3 is 14.2 Å². The van der Waals surface area contributed by atoms with Gasteiger partial charge in [0.25, 0.3) is 0 Å². The number of thiophene rings is 1. The topological polar surface area (TPSA) is 44.8 Å². The van der Waals surface area contributed by atoms with E-state index in [-0.39, 0.29) is 6.10 Å². The number of rotatable bonds is 6. The Morgan fingerprint density at radius 3 is 2.45 bits per heavy atom. The van der Waals surface area contributed by atoms with E-state index in [9.17, 15) is 4.79 Å². The Morgan fingerprint density at radius 2 is 1.85 bits per heavy atom. The fraction of sp³-hybridized carbons (Fsp3) is 0.267. The van der Waals surface area contributed by atoms with E-state index < -0.39 is 0 Å². The lowest BCUT2D eigenvalue weighted by Crippen LogP contribution is -2.04. The summed E-state index contributed by atoms with van der Waals surface area (Å²) in [5, 5.41) is 1.88. The zero-order valence-electron chi connectivity index (χ0n) is 11.6. The molecule has 1 atom stereocenters. The number of carbonyl (C=O) groups excluding carboxylic acids is 1. The van der Waals surface area contributed by atoms with Crippen LogP contribution < -0.4 is 9.47 Å². The lowest BCUT2D eigenvalue weighted by molar-refractivity contribution is 0.111. The summed E-state index contributed by atoms with van der Waals surface area (Å²) < 4.78 is 16.1. The van der Waals surface area contributed by atoms with E-state index in [0.717, 1.165) is 16.7 Å². The van der Waals surface area contributed by atoms with Crippen LogP contribution in [0.4, 0.5) is 0 Å². The number of ether oxygens (including phenoxy) is 3. The first-order valence-corrected chi connectivity index (χ1v) is 6.90. The second-order valence-electron chi connectivity index (χ2n) is 4.09. The van der Waals surface area contributed by atoms with Crippen LogP contribution >= 0.6 is 11.3 Å². The van der Waals surface area contributed by atoms with Gasteiger partial charge in [0.2, 0.25) is 0 Å². The number of methoxy groups -OCH3 is 3. The van der Waals surface area contributed by atoms with Crippen LogP contribution in [-0.4, -0.2) is 27.6 Å². The van der Waals surface area contributed by atoms with Gasteiger partial charge >= 0.3 is 0 Å². The van der Waals surface area contributed by atoms with E-state index in [1.807, 2.05) is 23.6 Å². The zero-order valence-corrected chi connectivity index (χ0v) is 12.4. The zero-order chi connectivity index (χ0) is 14.5. The van der Waals surface area contributed by atoms with Gasteiger partial charge in [0.1, 0.15) is 6.10 Å². The number of benzene rings is 1. The van der Waals surface area contributed by atoms with Crippen molar-refractivity contribution in [1.82, 2.24) is 0 Å². The normalized spacial score (nSPS) is 11.9. The molecule has 1 aromatic heterocycles. The Labute approximate surface area is 121 Å². The van der Waals surface area contributed by atoms with E-state index in [4.69, 9.17) is 14.2 Å². The predicted molar refractivity (Wildman–Crippen MR) is 78.1 cm³/mol. The highest BCUT2D eigenvalue weighted by atomic mass is 32.1. The predicted octanol–water partition coefficient (Wildman–Crippen LogP) is 3.31. The molecule has 0 amide bonds. The van der Waals surface area contributed by atoms with Crippen molar-refractivity contribution in [2.24, 2.45) is 0 Å². The Bertz CT molecular complexity index is 591. The first-order chi connectivity index (χ1) is 9.74. The first-order valence-electron chi connectivity index (χ1n) is 6.02. The molecule has 106 valence electrons. The Hall–Kier alpha value is -1.85. The summed E-state index contributed by atoms with van der Waals surface area (Å²) >= 11 is 1.50. The van der Waals surface area contributed by atoms with Gasteiger partial charge in [0.05, 0.1) is 14.2 Å². The molecule has 0 aliphatic rings. The maximum atomic E-state index is 11.1. The van der Waals surface area contributed by atoms with Crippen molar-refractivity contribution < 1.29 is 19.0 Å². The van der Waals surface area contributed by atoms with E-state index in [2.05, 4.69) is 0 Å². The van der Waals surface area contributed by atoms with Crippen LogP contribution in [0.1, 0.15) is 26.9 Å². The van der Waals surface area contributed by atoms with Gasteiger partial charge in [-0.25, -0.2) is 0 Å². The number of carbonyl (C=O) groups is 1. The fourth-order valence-electron chi connectivity index (χ4n) is 2.05. The van der Waals surface area contributed by atoms with Crippen LogP contribution in [0.15, 0.2) is 29.6 Å². The third-order valence-electron chi connectivity index (χ3n) is 3.04. The number of hydrogen-bond donors (Lipinski definition) is 0. The standard InChI is InChI=1S/C15H16O4S/c1-17-12-5-4-10(8-13(12)18-2)14(19-3)15-11(9-16)6-7-20-15/h4-9,14H,1-3H3.